The lowest BCUT2D eigenvalue weighted by molar-refractivity contribution is -0.134. The van der Waals surface area contributed by atoms with Crippen molar-refractivity contribution in [2.24, 2.45) is 0 Å². The molecule has 1 fully saturated rings. The van der Waals surface area contributed by atoms with Gasteiger partial charge in [-0.15, -0.1) is 0 Å². The molecule has 1 saturated heterocycles. The Balaban J connectivity index is 1.86. The van der Waals surface area contributed by atoms with E-state index in [0.717, 1.165) is 25.9 Å². The molecular weight excluding hydrogens is 332 g/mol. The summed E-state index contributed by atoms with van der Waals surface area (Å²) >= 11 is 0. The Labute approximate surface area is 143 Å². The molecule has 0 radical (unpaired) electrons. The molecule has 1 aliphatic heterocycles. The molecule has 1 amide bonds. The van der Waals surface area contributed by atoms with Crippen LogP contribution >= 0.6 is 0 Å². The molecular formula is C16H24N2O5S. The van der Waals surface area contributed by atoms with Gasteiger partial charge >= 0.3 is 0 Å². The molecule has 0 unspecified atom stereocenters. The third-order valence-electron chi connectivity index (χ3n) is 3.80. The predicted octanol–water partition coefficient (Wildman–Crippen LogP) is 1.00. The molecule has 1 aromatic rings. The van der Waals surface area contributed by atoms with Gasteiger partial charge in [0.15, 0.2) is 6.61 Å². The van der Waals surface area contributed by atoms with E-state index in [1.54, 1.807) is 12.1 Å². The molecule has 0 saturated carbocycles. The lowest BCUT2D eigenvalue weighted by atomic mass is 10.1. The zero-order valence-corrected chi connectivity index (χ0v) is 14.7. The second-order valence-corrected chi connectivity index (χ2v) is 7.36. The lowest BCUT2D eigenvalue weighted by Crippen LogP contribution is -2.38. The van der Waals surface area contributed by atoms with Crippen molar-refractivity contribution in [3.8, 4) is 5.75 Å². The third-order valence-corrected chi connectivity index (χ3v) is 5.28. The van der Waals surface area contributed by atoms with E-state index in [1.807, 2.05) is 4.90 Å². The average Bonchev–Trinajstić information content (AvgIpc) is 2.61. The highest BCUT2D eigenvalue weighted by Gasteiger charge is 2.17. The van der Waals surface area contributed by atoms with Crippen LogP contribution in [0.15, 0.2) is 29.2 Å². The number of piperidine rings is 1. The number of benzene rings is 1. The Bertz CT molecular complexity index is 624. The van der Waals surface area contributed by atoms with Crippen molar-refractivity contribution in [3.05, 3.63) is 24.3 Å². The maximum Gasteiger partial charge on any atom is 0.260 e. The standard InChI is InChI=1S/C16H24N2O5S/c1-22-12-9-17-24(20,21)15-7-5-14(6-8-15)23-13-16(19)18-10-3-2-4-11-18/h5-8,17H,2-4,9-13H2,1H3. The first-order chi connectivity index (χ1) is 11.5. The van der Waals surface area contributed by atoms with Gasteiger partial charge in [0.25, 0.3) is 5.91 Å². The van der Waals surface area contributed by atoms with Crippen LogP contribution in [-0.4, -0.2) is 59.2 Å². The number of nitrogens with one attached hydrogen (secondary N) is 1. The Hall–Kier alpha value is -1.64. The Morgan fingerprint density at radius 3 is 2.46 bits per heavy atom. The van der Waals surface area contributed by atoms with Crippen molar-refractivity contribution in [2.75, 3.05) is 40.0 Å². The topological polar surface area (TPSA) is 84.9 Å². The van der Waals surface area contributed by atoms with Crippen LogP contribution < -0.4 is 9.46 Å². The van der Waals surface area contributed by atoms with E-state index in [4.69, 9.17) is 9.47 Å². The minimum atomic E-state index is -3.56. The van der Waals surface area contributed by atoms with Gasteiger partial charge in [-0.2, -0.15) is 0 Å². The van der Waals surface area contributed by atoms with E-state index in [-0.39, 0.29) is 24.0 Å². The molecule has 134 valence electrons. The lowest BCUT2D eigenvalue weighted by Gasteiger charge is -2.26. The summed E-state index contributed by atoms with van der Waals surface area (Å²) in [5.41, 5.74) is 0. The van der Waals surface area contributed by atoms with Gasteiger partial charge < -0.3 is 14.4 Å². The van der Waals surface area contributed by atoms with Crippen LogP contribution in [0.3, 0.4) is 0 Å². The summed E-state index contributed by atoms with van der Waals surface area (Å²) in [7, 11) is -2.05. The molecule has 0 spiro atoms. The van der Waals surface area contributed by atoms with Crippen LogP contribution in [0.1, 0.15) is 19.3 Å². The Morgan fingerprint density at radius 2 is 1.83 bits per heavy atom. The number of nitrogens with zero attached hydrogens (tertiary/aromatic N) is 1. The highest BCUT2D eigenvalue weighted by Crippen LogP contribution is 2.16. The minimum absolute atomic E-state index is 0.0296. The maximum absolute atomic E-state index is 12.0. The summed E-state index contributed by atoms with van der Waals surface area (Å²) in [4.78, 5) is 14.0. The molecule has 1 N–H and O–H groups in total. The third kappa shape index (κ3) is 5.47. The second kappa shape index (κ2) is 9.00. The van der Waals surface area contributed by atoms with E-state index < -0.39 is 10.0 Å². The Morgan fingerprint density at radius 1 is 1.17 bits per heavy atom. The van der Waals surface area contributed by atoms with Crippen LogP contribution in [0.4, 0.5) is 0 Å². The zero-order chi connectivity index (χ0) is 17.4. The number of sulfonamides is 1. The van der Waals surface area contributed by atoms with Crippen LogP contribution in [0, 0.1) is 0 Å². The molecule has 2 rings (SSSR count). The SMILES string of the molecule is COCCNS(=O)(=O)c1ccc(OCC(=O)N2CCCCC2)cc1. The number of rotatable bonds is 8. The molecule has 8 heteroatoms. The summed E-state index contributed by atoms with van der Waals surface area (Å²) in [6.45, 7) is 2.05. The molecule has 0 aliphatic carbocycles. The first-order valence-corrected chi connectivity index (χ1v) is 9.50. The van der Waals surface area contributed by atoms with Crippen molar-refractivity contribution in [1.29, 1.82) is 0 Å². The summed E-state index contributed by atoms with van der Waals surface area (Å²) < 4.78 is 36.8. The molecule has 1 aliphatic rings. The molecule has 1 heterocycles. The highest BCUT2D eigenvalue weighted by atomic mass is 32.2. The van der Waals surface area contributed by atoms with Gasteiger partial charge in [0.2, 0.25) is 10.0 Å². The van der Waals surface area contributed by atoms with Gasteiger partial charge in [-0.1, -0.05) is 0 Å². The summed E-state index contributed by atoms with van der Waals surface area (Å²) in [6.07, 6.45) is 3.24. The van der Waals surface area contributed by atoms with Gasteiger partial charge in [-0.05, 0) is 43.5 Å². The van der Waals surface area contributed by atoms with Gasteiger partial charge in [0, 0.05) is 26.7 Å². The fourth-order valence-corrected chi connectivity index (χ4v) is 3.47. The monoisotopic (exact) mass is 356 g/mol. The van der Waals surface area contributed by atoms with Crippen molar-refractivity contribution < 1.29 is 22.7 Å². The number of carbonyl (C=O) groups is 1. The van der Waals surface area contributed by atoms with Gasteiger partial charge in [-0.25, -0.2) is 13.1 Å². The van der Waals surface area contributed by atoms with Gasteiger partial charge in [0.05, 0.1) is 11.5 Å². The number of amides is 1. The highest BCUT2D eigenvalue weighted by molar-refractivity contribution is 7.89. The largest absolute Gasteiger partial charge is 0.484 e. The van der Waals surface area contributed by atoms with E-state index >= 15 is 0 Å². The average molecular weight is 356 g/mol. The first-order valence-electron chi connectivity index (χ1n) is 8.02. The molecule has 1 aromatic carbocycles. The van der Waals surface area contributed by atoms with Crippen molar-refractivity contribution in [3.63, 3.8) is 0 Å². The normalized spacial score (nSPS) is 15.3. The number of likely N-dealkylation sites (tertiary alicyclic amines) is 1. The van der Waals surface area contributed by atoms with Crippen LogP contribution in [0.5, 0.6) is 5.75 Å². The number of ether oxygens (including phenoxy) is 2. The van der Waals surface area contributed by atoms with E-state index in [2.05, 4.69) is 4.72 Å². The zero-order valence-electron chi connectivity index (χ0n) is 13.9. The van der Waals surface area contributed by atoms with E-state index in [1.165, 1.54) is 25.7 Å². The van der Waals surface area contributed by atoms with E-state index in [0.29, 0.717) is 12.4 Å². The van der Waals surface area contributed by atoms with Crippen LogP contribution in [0.25, 0.3) is 0 Å². The first kappa shape index (κ1) is 18.7. The predicted molar refractivity (Wildman–Crippen MR) is 89.4 cm³/mol. The number of hydrogen-bond donors (Lipinski definition) is 1. The van der Waals surface area contributed by atoms with Gasteiger partial charge in [-0.3, -0.25) is 4.79 Å². The summed E-state index contributed by atoms with van der Waals surface area (Å²) in [6, 6.07) is 6.01. The van der Waals surface area contributed by atoms with Crippen LogP contribution in [0.2, 0.25) is 0 Å². The van der Waals surface area contributed by atoms with Gasteiger partial charge in [0.1, 0.15) is 5.75 Å². The minimum Gasteiger partial charge on any atom is -0.484 e. The number of hydrogen-bond acceptors (Lipinski definition) is 5. The molecule has 7 nitrogen and oxygen atoms in total. The van der Waals surface area contributed by atoms with E-state index in [9.17, 15) is 13.2 Å². The van der Waals surface area contributed by atoms with Crippen LogP contribution in [-0.2, 0) is 19.6 Å². The maximum atomic E-state index is 12.0. The molecule has 24 heavy (non-hydrogen) atoms. The van der Waals surface area contributed by atoms with Crippen molar-refractivity contribution in [2.45, 2.75) is 24.2 Å². The fraction of sp³-hybridized carbons (Fsp3) is 0.562. The second-order valence-electron chi connectivity index (χ2n) is 5.59. The molecule has 0 atom stereocenters. The summed E-state index contributed by atoms with van der Waals surface area (Å²) in [5, 5.41) is 0. The molecule has 0 aromatic heterocycles. The number of methoxy groups -OCH3 is 1. The fourth-order valence-electron chi connectivity index (χ4n) is 2.46. The Kier molecular flexibility index (Phi) is 7.01. The number of carbonyl (C=O) groups excluding carboxylic acids is 1. The summed E-state index contributed by atoms with van der Waals surface area (Å²) in [5.74, 6) is 0.434. The molecule has 0 bridgehead atoms. The smallest absolute Gasteiger partial charge is 0.260 e. The quantitative estimate of drug-likeness (QED) is 0.703. The van der Waals surface area contributed by atoms with Crippen molar-refractivity contribution in [1.82, 2.24) is 9.62 Å². The van der Waals surface area contributed by atoms with Crippen molar-refractivity contribution >= 4 is 15.9 Å².